The van der Waals surface area contributed by atoms with Crippen LogP contribution in [-0.2, 0) is 4.79 Å². The van der Waals surface area contributed by atoms with Crippen molar-refractivity contribution >= 4 is 5.97 Å². The third-order valence-electron chi connectivity index (χ3n) is 2.67. The Hall–Kier alpha value is -0.830. The molecule has 3 heteroatoms. The molecule has 0 aromatic rings. The maximum Gasteiger partial charge on any atom is 0.300 e. The van der Waals surface area contributed by atoms with Crippen LogP contribution in [-0.4, -0.2) is 22.8 Å². The highest BCUT2D eigenvalue weighted by atomic mass is 16.4. The summed E-state index contributed by atoms with van der Waals surface area (Å²) < 4.78 is 0. The molecule has 2 N–H and O–H groups in total. The molecule has 0 amide bonds. The highest BCUT2D eigenvalue weighted by Crippen LogP contribution is 2.06. The third-order valence-corrected chi connectivity index (χ3v) is 2.67. The van der Waals surface area contributed by atoms with E-state index in [2.05, 4.69) is 19.1 Å². The Morgan fingerprint density at radius 3 is 1.74 bits per heavy atom. The number of hydrogen-bond acceptors (Lipinski definition) is 2. The summed E-state index contributed by atoms with van der Waals surface area (Å²) in [4.78, 5) is 9.00. The molecule has 0 saturated carbocycles. The van der Waals surface area contributed by atoms with E-state index in [4.69, 9.17) is 15.0 Å². The molecule has 19 heavy (non-hydrogen) atoms. The molecule has 0 fully saturated rings. The molecule has 0 spiro atoms. The Labute approximate surface area is 118 Å². The first-order chi connectivity index (χ1) is 9.15. The summed E-state index contributed by atoms with van der Waals surface area (Å²) in [6.07, 6.45) is 17.3. The molecule has 0 radical (unpaired) electrons. The second kappa shape index (κ2) is 19.5. The lowest BCUT2D eigenvalue weighted by Crippen LogP contribution is -1.82. The Morgan fingerprint density at radius 1 is 0.895 bits per heavy atom. The molecule has 0 aliphatic heterocycles. The second-order valence-corrected chi connectivity index (χ2v) is 4.77. The van der Waals surface area contributed by atoms with E-state index < -0.39 is 5.97 Å². The average Bonchev–Trinajstić information content (AvgIpc) is 2.35. The topological polar surface area (TPSA) is 57.5 Å². The number of aliphatic hydroxyl groups is 1. The summed E-state index contributed by atoms with van der Waals surface area (Å²) in [5.41, 5.74) is 0. The summed E-state index contributed by atoms with van der Waals surface area (Å²) >= 11 is 0. The van der Waals surface area contributed by atoms with Crippen molar-refractivity contribution in [1.82, 2.24) is 0 Å². The van der Waals surface area contributed by atoms with Crippen molar-refractivity contribution in [3.05, 3.63) is 12.2 Å². The fraction of sp³-hybridized carbons (Fsp3) is 0.812. The van der Waals surface area contributed by atoms with Crippen molar-refractivity contribution in [2.75, 3.05) is 6.61 Å². The smallest absolute Gasteiger partial charge is 0.300 e. The van der Waals surface area contributed by atoms with Gasteiger partial charge in [-0.05, 0) is 32.1 Å². The molecule has 0 aromatic carbocycles. The van der Waals surface area contributed by atoms with Gasteiger partial charge < -0.3 is 10.2 Å². The Balaban J connectivity index is 0. The van der Waals surface area contributed by atoms with Crippen molar-refractivity contribution in [1.29, 1.82) is 0 Å². The van der Waals surface area contributed by atoms with E-state index in [0.717, 1.165) is 13.3 Å². The van der Waals surface area contributed by atoms with Crippen molar-refractivity contribution in [2.45, 2.75) is 78.1 Å². The molecular weight excluding hydrogens is 240 g/mol. The minimum Gasteiger partial charge on any atom is -0.481 e. The van der Waals surface area contributed by atoms with Crippen LogP contribution in [0.25, 0.3) is 0 Å². The van der Waals surface area contributed by atoms with Crippen LogP contribution in [0.1, 0.15) is 78.1 Å². The maximum atomic E-state index is 9.00. The van der Waals surface area contributed by atoms with Gasteiger partial charge >= 0.3 is 0 Å². The van der Waals surface area contributed by atoms with Crippen LogP contribution in [0.4, 0.5) is 0 Å². The van der Waals surface area contributed by atoms with Crippen LogP contribution >= 0.6 is 0 Å². The first kappa shape index (κ1) is 20.5. The van der Waals surface area contributed by atoms with Gasteiger partial charge in [-0.1, -0.05) is 51.2 Å². The van der Waals surface area contributed by atoms with Gasteiger partial charge in [0.25, 0.3) is 5.97 Å². The Kier molecular flexibility index (Phi) is 21.0. The van der Waals surface area contributed by atoms with E-state index >= 15 is 0 Å². The quantitative estimate of drug-likeness (QED) is 0.428. The number of aliphatic hydroxyl groups excluding tert-OH is 1. The average molecular weight is 272 g/mol. The molecule has 3 nitrogen and oxygen atoms in total. The fourth-order valence-corrected chi connectivity index (χ4v) is 1.65. The lowest BCUT2D eigenvalue weighted by molar-refractivity contribution is -0.134. The Morgan fingerprint density at radius 2 is 1.32 bits per heavy atom. The summed E-state index contributed by atoms with van der Waals surface area (Å²) in [5.74, 6) is -0.833. The third kappa shape index (κ3) is 31.7. The van der Waals surface area contributed by atoms with Crippen molar-refractivity contribution in [2.24, 2.45) is 0 Å². The van der Waals surface area contributed by atoms with Gasteiger partial charge in [0.2, 0.25) is 0 Å². The van der Waals surface area contributed by atoms with Gasteiger partial charge in [0, 0.05) is 13.5 Å². The van der Waals surface area contributed by atoms with Crippen molar-refractivity contribution in [3.8, 4) is 0 Å². The fourth-order valence-electron chi connectivity index (χ4n) is 1.65. The predicted molar refractivity (Wildman–Crippen MR) is 81.4 cm³/mol. The molecule has 0 heterocycles. The van der Waals surface area contributed by atoms with Gasteiger partial charge in [0.1, 0.15) is 0 Å². The molecule has 0 bridgehead atoms. The van der Waals surface area contributed by atoms with E-state index in [1.54, 1.807) is 0 Å². The molecule has 0 aliphatic rings. The van der Waals surface area contributed by atoms with Gasteiger partial charge in [-0.25, -0.2) is 0 Å². The molecule has 0 aromatic heterocycles. The largest absolute Gasteiger partial charge is 0.481 e. The lowest BCUT2D eigenvalue weighted by Gasteiger charge is -1.96. The van der Waals surface area contributed by atoms with Gasteiger partial charge in [-0.3, -0.25) is 4.79 Å². The van der Waals surface area contributed by atoms with Crippen LogP contribution in [0, 0.1) is 0 Å². The van der Waals surface area contributed by atoms with E-state index in [0.29, 0.717) is 6.61 Å². The molecule has 114 valence electrons. The van der Waals surface area contributed by atoms with Crippen LogP contribution in [0.15, 0.2) is 12.2 Å². The monoisotopic (exact) mass is 272 g/mol. The zero-order valence-electron chi connectivity index (χ0n) is 12.7. The number of allylic oxidation sites excluding steroid dienone is 2. The van der Waals surface area contributed by atoms with E-state index in [9.17, 15) is 0 Å². The standard InChI is InChI=1S/C14H28O.C2H4O2/c1-2-3-4-5-6-7-8-9-10-11-12-13-14-15;1-2(3)4/h7-8,15H,2-6,9-14H2,1H3;1H3,(H,3,4)/b8-7+;. The molecule has 0 rings (SSSR count). The molecule has 0 unspecified atom stereocenters. The van der Waals surface area contributed by atoms with E-state index in [1.165, 1.54) is 57.8 Å². The Bertz CT molecular complexity index is 196. The summed E-state index contributed by atoms with van der Waals surface area (Å²) in [5, 5.41) is 16.0. The zero-order valence-corrected chi connectivity index (χ0v) is 12.7. The number of carbonyl (C=O) groups is 1. The number of aliphatic carboxylic acids is 1. The van der Waals surface area contributed by atoms with Crippen LogP contribution < -0.4 is 0 Å². The maximum absolute atomic E-state index is 9.00. The normalized spacial score (nSPS) is 10.3. The molecular formula is C16H32O3. The highest BCUT2D eigenvalue weighted by Gasteiger charge is 1.87. The van der Waals surface area contributed by atoms with Crippen molar-refractivity contribution in [3.63, 3.8) is 0 Å². The lowest BCUT2D eigenvalue weighted by atomic mass is 10.1. The van der Waals surface area contributed by atoms with Crippen LogP contribution in [0.3, 0.4) is 0 Å². The number of carboxylic acids is 1. The molecule has 0 atom stereocenters. The summed E-state index contributed by atoms with van der Waals surface area (Å²) in [7, 11) is 0. The van der Waals surface area contributed by atoms with Gasteiger partial charge in [0.05, 0.1) is 0 Å². The highest BCUT2D eigenvalue weighted by molar-refractivity contribution is 5.62. The zero-order chi connectivity index (χ0) is 14.8. The minimum absolute atomic E-state index is 0.354. The molecule has 0 aliphatic carbocycles. The molecule has 0 saturated heterocycles. The van der Waals surface area contributed by atoms with Gasteiger partial charge in [0.15, 0.2) is 0 Å². The second-order valence-electron chi connectivity index (χ2n) is 4.77. The van der Waals surface area contributed by atoms with E-state index in [1.807, 2.05) is 0 Å². The SMILES string of the molecule is CC(=O)O.CCCCCC/C=C/CCCCCCO. The number of rotatable bonds is 11. The van der Waals surface area contributed by atoms with Crippen LogP contribution in [0.2, 0.25) is 0 Å². The number of carboxylic acid groups (broad SMARTS) is 1. The summed E-state index contributed by atoms with van der Waals surface area (Å²) in [6, 6.07) is 0. The predicted octanol–water partition coefficient (Wildman–Crippen LogP) is 4.55. The van der Waals surface area contributed by atoms with Crippen LogP contribution in [0.5, 0.6) is 0 Å². The first-order valence-electron chi connectivity index (χ1n) is 7.60. The summed E-state index contributed by atoms with van der Waals surface area (Å²) in [6.45, 7) is 3.69. The van der Waals surface area contributed by atoms with Crippen molar-refractivity contribution < 1.29 is 15.0 Å². The minimum atomic E-state index is -0.833. The van der Waals surface area contributed by atoms with E-state index in [-0.39, 0.29) is 0 Å². The van der Waals surface area contributed by atoms with Gasteiger partial charge in [-0.2, -0.15) is 0 Å². The van der Waals surface area contributed by atoms with Gasteiger partial charge in [-0.15, -0.1) is 0 Å². The number of hydrogen-bond donors (Lipinski definition) is 2. The number of unbranched alkanes of at least 4 members (excludes halogenated alkanes) is 8. The first-order valence-corrected chi connectivity index (χ1v) is 7.60.